The highest BCUT2D eigenvalue weighted by atomic mass is 32.2. The smallest absolute Gasteiger partial charge is 0.253 e. The molecule has 1 fully saturated rings. The van der Waals surface area contributed by atoms with Crippen LogP contribution in [0.2, 0.25) is 0 Å². The molecular weight excluding hydrogens is 265 g/mol. The van der Waals surface area contributed by atoms with Gasteiger partial charge in [-0.25, -0.2) is 9.87 Å². The van der Waals surface area contributed by atoms with Crippen LogP contribution < -0.4 is 5.48 Å². The fourth-order valence-electron chi connectivity index (χ4n) is 2.03. The second-order valence-electron chi connectivity index (χ2n) is 4.67. The quantitative estimate of drug-likeness (QED) is 0.815. The van der Waals surface area contributed by atoms with Gasteiger partial charge in [-0.05, 0) is 30.5 Å². The van der Waals surface area contributed by atoms with E-state index in [1.54, 1.807) is 12.1 Å². The summed E-state index contributed by atoms with van der Waals surface area (Å²) in [5.41, 5.74) is 3.51. The van der Waals surface area contributed by atoms with Crippen molar-refractivity contribution in [2.75, 3.05) is 5.75 Å². The van der Waals surface area contributed by atoms with Crippen LogP contribution in [0.4, 0.5) is 4.39 Å². The first-order chi connectivity index (χ1) is 9.24. The maximum absolute atomic E-state index is 12.7. The van der Waals surface area contributed by atoms with Gasteiger partial charge in [0.25, 0.3) is 5.91 Å². The minimum absolute atomic E-state index is 0.112. The van der Waals surface area contributed by atoms with Crippen molar-refractivity contribution in [3.63, 3.8) is 0 Å². The van der Waals surface area contributed by atoms with Gasteiger partial charge in [-0.15, -0.1) is 11.8 Å². The number of halogens is 1. The van der Waals surface area contributed by atoms with Crippen LogP contribution in [0.1, 0.15) is 31.2 Å². The number of hydrogen-bond acceptors (Lipinski definition) is 3. The topological polar surface area (TPSA) is 38.3 Å². The molecule has 0 unspecified atom stereocenters. The van der Waals surface area contributed by atoms with Gasteiger partial charge in [0.05, 0.1) is 11.9 Å². The SMILES string of the molecule is O=C(CSCc1ccc(F)cc1)NOC1CCCC1. The van der Waals surface area contributed by atoms with Crippen LogP contribution in [-0.2, 0) is 15.4 Å². The van der Waals surface area contributed by atoms with E-state index >= 15 is 0 Å². The van der Waals surface area contributed by atoms with E-state index in [1.807, 2.05) is 0 Å². The Morgan fingerprint density at radius 3 is 2.68 bits per heavy atom. The maximum atomic E-state index is 12.7. The Morgan fingerprint density at radius 1 is 1.32 bits per heavy atom. The summed E-state index contributed by atoms with van der Waals surface area (Å²) in [5.74, 6) is 0.691. The predicted molar refractivity (Wildman–Crippen MR) is 74.0 cm³/mol. The molecule has 1 aliphatic rings. The number of benzene rings is 1. The molecule has 0 aromatic heterocycles. The molecule has 1 N–H and O–H groups in total. The molecule has 0 atom stereocenters. The van der Waals surface area contributed by atoms with Crippen LogP contribution in [0.3, 0.4) is 0 Å². The molecule has 0 radical (unpaired) electrons. The second kappa shape index (κ2) is 7.50. The normalized spacial score (nSPS) is 15.6. The largest absolute Gasteiger partial charge is 0.272 e. The highest BCUT2D eigenvalue weighted by molar-refractivity contribution is 7.99. The Morgan fingerprint density at radius 2 is 2.00 bits per heavy atom. The molecule has 1 aromatic rings. The van der Waals surface area contributed by atoms with Gasteiger partial charge >= 0.3 is 0 Å². The van der Waals surface area contributed by atoms with Crippen molar-refractivity contribution in [3.05, 3.63) is 35.6 Å². The van der Waals surface area contributed by atoms with Gasteiger partial charge in [0, 0.05) is 5.75 Å². The summed E-state index contributed by atoms with van der Waals surface area (Å²) in [6.45, 7) is 0. The summed E-state index contributed by atoms with van der Waals surface area (Å²) in [6, 6.07) is 6.32. The second-order valence-corrected chi connectivity index (χ2v) is 5.65. The first-order valence-corrected chi connectivity index (χ1v) is 7.66. The van der Waals surface area contributed by atoms with Crippen LogP contribution in [0.15, 0.2) is 24.3 Å². The predicted octanol–water partition coefficient (Wildman–Crippen LogP) is 3.05. The van der Waals surface area contributed by atoms with Crippen molar-refractivity contribution in [1.29, 1.82) is 0 Å². The zero-order valence-electron chi connectivity index (χ0n) is 10.7. The average molecular weight is 283 g/mol. The number of thioether (sulfide) groups is 1. The number of carbonyl (C=O) groups excluding carboxylic acids is 1. The van der Waals surface area contributed by atoms with Gasteiger partial charge in [-0.2, -0.15) is 0 Å². The lowest BCUT2D eigenvalue weighted by Crippen LogP contribution is -2.29. The summed E-state index contributed by atoms with van der Waals surface area (Å²) in [6.07, 6.45) is 4.61. The Labute approximate surface area is 116 Å². The maximum Gasteiger partial charge on any atom is 0.253 e. The van der Waals surface area contributed by atoms with Gasteiger partial charge < -0.3 is 0 Å². The minimum Gasteiger partial charge on any atom is -0.272 e. The number of rotatable bonds is 6. The molecule has 5 heteroatoms. The van der Waals surface area contributed by atoms with E-state index in [4.69, 9.17) is 4.84 Å². The van der Waals surface area contributed by atoms with Crippen molar-refractivity contribution in [1.82, 2.24) is 5.48 Å². The highest BCUT2D eigenvalue weighted by Crippen LogP contribution is 2.20. The van der Waals surface area contributed by atoms with E-state index in [0.717, 1.165) is 18.4 Å². The Balaban J connectivity index is 1.59. The van der Waals surface area contributed by atoms with E-state index in [0.29, 0.717) is 11.5 Å². The summed E-state index contributed by atoms with van der Waals surface area (Å²) in [7, 11) is 0. The number of carbonyl (C=O) groups is 1. The van der Waals surface area contributed by atoms with E-state index in [1.165, 1.54) is 36.7 Å². The lowest BCUT2D eigenvalue weighted by molar-refractivity contribution is -0.135. The van der Waals surface area contributed by atoms with Crippen LogP contribution in [0.5, 0.6) is 0 Å². The Kier molecular flexibility index (Phi) is 5.66. The zero-order valence-corrected chi connectivity index (χ0v) is 11.5. The molecule has 3 nitrogen and oxygen atoms in total. The summed E-state index contributed by atoms with van der Waals surface area (Å²) >= 11 is 1.49. The van der Waals surface area contributed by atoms with Gasteiger partial charge in [0.1, 0.15) is 5.82 Å². The van der Waals surface area contributed by atoms with Gasteiger partial charge in [0.15, 0.2) is 0 Å². The van der Waals surface area contributed by atoms with Crippen molar-refractivity contribution in [3.8, 4) is 0 Å². The van der Waals surface area contributed by atoms with Crippen molar-refractivity contribution in [2.24, 2.45) is 0 Å². The van der Waals surface area contributed by atoms with Crippen molar-refractivity contribution >= 4 is 17.7 Å². The number of hydrogen-bond donors (Lipinski definition) is 1. The lowest BCUT2D eigenvalue weighted by Gasteiger charge is -2.11. The first kappa shape index (κ1) is 14.3. The molecular formula is C14H18FNO2S. The molecule has 0 saturated heterocycles. The Bertz CT molecular complexity index is 404. The molecule has 1 aliphatic carbocycles. The van der Waals surface area contributed by atoms with Crippen molar-refractivity contribution < 1.29 is 14.0 Å². The Hall–Kier alpha value is -1.07. The molecule has 0 aliphatic heterocycles. The summed E-state index contributed by atoms with van der Waals surface area (Å²) < 4.78 is 12.7. The van der Waals surface area contributed by atoms with Gasteiger partial charge in [-0.3, -0.25) is 9.63 Å². The standard InChI is InChI=1S/C14H18FNO2S/c15-12-7-5-11(6-8-12)9-19-10-14(17)16-18-13-3-1-2-4-13/h5-8,13H,1-4,9-10H2,(H,16,17). The van der Waals surface area contributed by atoms with Crippen LogP contribution >= 0.6 is 11.8 Å². The third-order valence-electron chi connectivity index (χ3n) is 3.06. The molecule has 19 heavy (non-hydrogen) atoms. The van der Waals surface area contributed by atoms with E-state index in [9.17, 15) is 9.18 Å². The summed E-state index contributed by atoms with van der Waals surface area (Å²) in [5, 5.41) is 0. The van der Waals surface area contributed by atoms with Gasteiger partial charge in [0.2, 0.25) is 0 Å². The molecule has 0 heterocycles. The van der Waals surface area contributed by atoms with Crippen LogP contribution in [0, 0.1) is 5.82 Å². The van der Waals surface area contributed by atoms with Crippen molar-refractivity contribution in [2.45, 2.75) is 37.5 Å². The molecule has 0 spiro atoms. The molecule has 1 amide bonds. The number of amides is 1. The van der Waals surface area contributed by atoms with Gasteiger partial charge in [-0.1, -0.05) is 25.0 Å². The fourth-order valence-corrected chi connectivity index (χ4v) is 2.80. The fraction of sp³-hybridized carbons (Fsp3) is 0.500. The van der Waals surface area contributed by atoms with E-state index in [-0.39, 0.29) is 17.8 Å². The third kappa shape index (κ3) is 5.20. The molecule has 2 rings (SSSR count). The number of nitrogens with one attached hydrogen (secondary N) is 1. The molecule has 104 valence electrons. The molecule has 0 bridgehead atoms. The molecule has 1 saturated carbocycles. The van der Waals surface area contributed by atoms with E-state index in [2.05, 4.69) is 5.48 Å². The number of hydroxylamine groups is 1. The first-order valence-electron chi connectivity index (χ1n) is 6.51. The third-order valence-corrected chi connectivity index (χ3v) is 4.06. The summed E-state index contributed by atoms with van der Waals surface area (Å²) in [4.78, 5) is 16.8. The highest BCUT2D eigenvalue weighted by Gasteiger charge is 2.16. The monoisotopic (exact) mass is 283 g/mol. The zero-order chi connectivity index (χ0) is 13.5. The minimum atomic E-state index is -0.239. The van der Waals surface area contributed by atoms with Crippen LogP contribution in [0.25, 0.3) is 0 Å². The average Bonchev–Trinajstić information content (AvgIpc) is 2.92. The van der Waals surface area contributed by atoms with Crippen LogP contribution in [-0.4, -0.2) is 17.8 Å². The lowest BCUT2D eigenvalue weighted by atomic mass is 10.2. The van der Waals surface area contributed by atoms with E-state index < -0.39 is 0 Å². The molecule has 1 aromatic carbocycles.